The third kappa shape index (κ3) is 2.72. The maximum atomic E-state index is 13.7. The Bertz CT molecular complexity index is 478. The maximum Gasteiger partial charge on any atom is 0.487 e. The third-order valence-corrected chi connectivity index (χ3v) is 3.83. The fourth-order valence-corrected chi connectivity index (χ4v) is 1.89. The average Bonchev–Trinajstić information content (AvgIpc) is 2.46. The Morgan fingerprint density at radius 3 is 2.32 bits per heavy atom. The first kappa shape index (κ1) is 14.2. The second-order valence-corrected chi connectivity index (χ2v) is 5.78. The van der Waals surface area contributed by atoms with Gasteiger partial charge in [-0.25, -0.2) is 4.39 Å². The van der Waals surface area contributed by atoms with Crippen molar-refractivity contribution >= 4 is 13.2 Å². The quantitative estimate of drug-likeness (QED) is 0.768. The van der Waals surface area contributed by atoms with Crippen LogP contribution in [0.1, 0.15) is 39.0 Å². The first-order valence-electron chi connectivity index (χ1n) is 6.38. The second-order valence-electron chi connectivity index (χ2n) is 5.78. The lowest BCUT2D eigenvalue weighted by Crippen LogP contribution is -2.41. The number of rotatable bonds is 2. The molecule has 1 aromatic rings. The Balaban J connectivity index is 2.18. The molecule has 19 heavy (non-hydrogen) atoms. The van der Waals surface area contributed by atoms with Crippen LogP contribution in [-0.4, -0.2) is 23.3 Å². The molecule has 1 aliphatic rings. The summed E-state index contributed by atoms with van der Waals surface area (Å²) in [5.41, 5.74) is 0.347. The van der Waals surface area contributed by atoms with Crippen LogP contribution in [0, 0.1) is 12.7 Å². The van der Waals surface area contributed by atoms with Crippen LogP contribution in [0.4, 0.5) is 4.39 Å². The molecule has 0 spiro atoms. The van der Waals surface area contributed by atoms with Gasteiger partial charge in [0.25, 0.3) is 0 Å². The lowest BCUT2D eigenvalue weighted by Gasteiger charge is -2.32. The van der Waals surface area contributed by atoms with Crippen molar-refractivity contribution in [1.82, 2.24) is 4.98 Å². The monoisotopic (exact) mass is 263 g/mol. The number of aryl methyl sites for hydroxylation is 1. The van der Waals surface area contributed by atoms with Crippen molar-refractivity contribution in [3.05, 3.63) is 35.3 Å². The van der Waals surface area contributed by atoms with E-state index in [0.29, 0.717) is 11.3 Å². The molecule has 1 aliphatic heterocycles. The molecule has 3 nitrogen and oxygen atoms in total. The van der Waals surface area contributed by atoms with Gasteiger partial charge in [-0.3, -0.25) is 4.98 Å². The third-order valence-electron chi connectivity index (χ3n) is 3.83. The molecule has 1 saturated heterocycles. The summed E-state index contributed by atoms with van der Waals surface area (Å²) < 4.78 is 25.3. The molecular formula is C14H19BFNO2. The van der Waals surface area contributed by atoms with E-state index >= 15 is 0 Å². The van der Waals surface area contributed by atoms with Gasteiger partial charge < -0.3 is 9.31 Å². The fraction of sp³-hybridized carbons (Fsp3) is 0.500. The van der Waals surface area contributed by atoms with Gasteiger partial charge in [0.1, 0.15) is 5.82 Å². The van der Waals surface area contributed by atoms with E-state index in [1.807, 2.05) is 27.7 Å². The normalized spacial score (nSPS) is 21.3. The van der Waals surface area contributed by atoms with Gasteiger partial charge in [-0.05, 0) is 40.7 Å². The first-order valence-corrected chi connectivity index (χ1v) is 6.38. The van der Waals surface area contributed by atoms with Crippen molar-refractivity contribution in [3.63, 3.8) is 0 Å². The fourth-order valence-electron chi connectivity index (χ4n) is 1.89. The number of hydrogen-bond donors (Lipinski definition) is 0. The molecule has 102 valence electrons. The molecule has 0 aliphatic carbocycles. The van der Waals surface area contributed by atoms with Crippen LogP contribution in [0.3, 0.4) is 0 Å². The molecule has 2 rings (SSSR count). The van der Waals surface area contributed by atoms with Crippen molar-refractivity contribution in [1.29, 1.82) is 0 Å². The summed E-state index contributed by atoms with van der Waals surface area (Å²) in [6.45, 7) is 9.70. The zero-order valence-electron chi connectivity index (χ0n) is 12.0. The van der Waals surface area contributed by atoms with Gasteiger partial charge in [-0.2, -0.15) is 0 Å². The molecule has 2 heterocycles. The van der Waals surface area contributed by atoms with Gasteiger partial charge >= 0.3 is 7.12 Å². The van der Waals surface area contributed by atoms with Crippen LogP contribution in [-0.2, 0) is 9.31 Å². The van der Waals surface area contributed by atoms with Crippen molar-refractivity contribution in [2.45, 2.75) is 45.8 Å². The molecule has 0 bridgehead atoms. The number of nitrogens with zero attached hydrogens (tertiary/aromatic N) is 1. The number of halogens is 1. The van der Waals surface area contributed by atoms with Gasteiger partial charge in [0, 0.05) is 17.5 Å². The Kier molecular flexibility index (Phi) is 3.54. The molecule has 5 heteroatoms. The Morgan fingerprint density at radius 2 is 1.79 bits per heavy atom. The average molecular weight is 263 g/mol. The summed E-state index contributed by atoms with van der Waals surface area (Å²) in [4.78, 5) is 4.07. The van der Waals surface area contributed by atoms with Gasteiger partial charge in [0.05, 0.1) is 11.2 Å². The number of hydrogen-bond acceptors (Lipinski definition) is 3. The highest BCUT2D eigenvalue weighted by atomic mass is 19.1. The largest absolute Gasteiger partial charge is 0.487 e. The van der Waals surface area contributed by atoms with E-state index in [4.69, 9.17) is 9.31 Å². The maximum absolute atomic E-state index is 13.7. The van der Waals surface area contributed by atoms with E-state index in [9.17, 15) is 4.39 Å². The van der Waals surface area contributed by atoms with E-state index in [1.54, 1.807) is 19.0 Å². The molecule has 0 aromatic carbocycles. The van der Waals surface area contributed by atoms with Gasteiger partial charge in [-0.15, -0.1) is 0 Å². The lowest BCUT2D eigenvalue weighted by atomic mass is 9.89. The SMILES string of the molecule is Cc1nccc(F)c1/C=C/B1OC(C)(C)C(C)(C)O1. The van der Waals surface area contributed by atoms with Crippen LogP contribution in [0.5, 0.6) is 0 Å². The predicted octanol–water partition coefficient (Wildman–Crippen LogP) is 3.17. The van der Waals surface area contributed by atoms with Crippen molar-refractivity contribution in [2.24, 2.45) is 0 Å². The molecular weight excluding hydrogens is 244 g/mol. The van der Waals surface area contributed by atoms with Gasteiger partial charge in [0.15, 0.2) is 0 Å². The van der Waals surface area contributed by atoms with E-state index in [0.717, 1.165) is 0 Å². The highest BCUT2D eigenvalue weighted by Crippen LogP contribution is 2.37. The zero-order valence-corrected chi connectivity index (χ0v) is 12.0. The van der Waals surface area contributed by atoms with E-state index in [2.05, 4.69) is 4.98 Å². The molecule has 0 unspecified atom stereocenters. The van der Waals surface area contributed by atoms with Gasteiger partial charge in [-0.1, -0.05) is 12.1 Å². The smallest absolute Gasteiger partial charge is 0.400 e. The van der Waals surface area contributed by atoms with Crippen molar-refractivity contribution < 1.29 is 13.7 Å². The molecule has 0 amide bonds. The van der Waals surface area contributed by atoms with Gasteiger partial charge in [0.2, 0.25) is 0 Å². The standard InChI is InChI=1S/C14H19BFNO2/c1-10-11(12(16)7-9-17-10)6-8-15-18-13(2,3)14(4,5)19-15/h6-9H,1-5H3/b8-6+. The summed E-state index contributed by atoms with van der Waals surface area (Å²) in [5, 5.41) is 0. The van der Waals surface area contributed by atoms with Crippen LogP contribution >= 0.6 is 0 Å². The minimum atomic E-state index is -0.469. The summed E-state index contributed by atoms with van der Waals surface area (Å²) in [6, 6.07) is 1.34. The van der Waals surface area contributed by atoms with E-state index in [1.165, 1.54) is 12.3 Å². The topological polar surface area (TPSA) is 31.4 Å². The minimum Gasteiger partial charge on any atom is -0.400 e. The van der Waals surface area contributed by atoms with E-state index in [-0.39, 0.29) is 17.0 Å². The van der Waals surface area contributed by atoms with Crippen molar-refractivity contribution in [3.8, 4) is 0 Å². The molecule has 1 aromatic heterocycles. The zero-order chi connectivity index (χ0) is 14.3. The summed E-state index contributed by atoms with van der Waals surface area (Å²) in [6.07, 6.45) is 3.12. The van der Waals surface area contributed by atoms with E-state index < -0.39 is 7.12 Å². The van der Waals surface area contributed by atoms with Crippen LogP contribution < -0.4 is 0 Å². The Morgan fingerprint density at radius 1 is 1.21 bits per heavy atom. The summed E-state index contributed by atoms with van der Waals surface area (Å²) in [5.74, 6) is 1.43. The van der Waals surface area contributed by atoms with Crippen LogP contribution in [0.25, 0.3) is 6.08 Å². The Hall–Kier alpha value is -1.20. The number of aromatic nitrogens is 1. The van der Waals surface area contributed by atoms with Crippen LogP contribution in [0.15, 0.2) is 18.2 Å². The number of pyridine rings is 1. The second kappa shape index (κ2) is 4.73. The highest BCUT2D eigenvalue weighted by molar-refractivity contribution is 6.52. The summed E-state index contributed by atoms with van der Waals surface area (Å²) in [7, 11) is -0.469. The molecule has 1 fully saturated rings. The minimum absolute atomic E-state index is 0.291. The predicted molar refractivity (Wildman–Crippen MR) is 74.0 cm³/mol. The Labute approximate surface area is 114 Å². The van der Waals surface area contributed by atoms with Crippen molar-refractivity contribution in [2.75, 3.05) is 0 Å². The molecule has 0 N–H and O–H groups in total. The molecule has 0 atom stereocenters. The van der Waals surface area contributed by atoms with Crippen LogP contribution in [0.2, 0.25) is 0 Å². The molecule has 0 saturated carbocycles. The first-order chi connectivity index (χ1) is 8.73. The highest BCUT2D eigenvalue weighted by Gasteiger charge is 2.50. The lowest BCUT2D eigenvalue weighted by molar-refractivity contribution is 0.00578. The summed E-state index contributed by atoms with van der Waals surface area (Å²) >= 11 is 0. The molecule has 0 radical (unpaired) electrons.